The smallest absolute Gasteiger partial charge is 0.254 e. The van der Waals surface area contributed by atoms with E-state index in [2.05, 4.69) is 31.1 Å². The Balaban J connectivity index is 1.40. The summed E-state index contributed by atoms with van der Waals surface area (Å²) < 4.78 is 6.78. The standard InChI is InChI=1S/C26H26BrN5O2S/c1-16-15-35-23(29-16)21-9-6-10-32(21)24(33)19-11-18(12-20(27)13-19)22-30-31-25(34-22)26(2,28)14-17-7-4-3-5-8-17/h3-5,7-8,11-13,15,21H,6,9-10,14,28H2,1-2H3/t21-,26-/m1/s1. The molecule has 3 heterocycles. The second-order valence-corrected chi connectivity index (χ2v) is 11.0. The number of nitrogens with two attached hydrogens (primary N) is 1. The number of nitrogens with zero attached hydrogens (tertiary/aromatic N) is 4. The summed E-state index contributed by atoms with van der Waals surface area (Å²) in [5.41, 5.74) is 9.03. The number of likely N-dealkylation sites (tertiary alicyclic amines) is 1. The number of carbonyl (C=O) groups is 1. The molecule has 2 aromatic heterocycles. The molecular weight excluding hydrogens is 526 g/mol. The molecule has 2 N–H and O–H groups in total. The van der Waals surface area contributed by atoms with Crippen LogP contribution in [0.1, 0.15) is 58.3 Å². The lowest BCUT2D eigenvalue weighted by Crippen LogP contribution is -2.35. The molecule has 0 saturated carbocycles. The molecule has 2 aromatic carbocycles. The van der Waals surface area contributed by atoms with Gasteiger partial charge >= 0.3 is 0 Å². The van der Waals surface area contributed by atoms with Gasteiger partial charge in [0, 0.05) is 33.2 Å². The molecule has 7 nitrogen and oxygen atoms in total. The van der Waals surface area contributed by atoms with Crippen molar-refractivity contribution in [2.75, 3.05) is 6.54 Å². The lowest BCUT2D eigenvalue weighted by Gasteiger charge is -2.23. The van der Waals surface area contributed by atoms with Crippen molar-refractivity contribution in [2.45, 2.75) is 44.7 Å². The number of aromatic nitrogens is 3. The molecule has 0 unspecified atom stereocenters. The number of benzene rings is 2. The van der Waals surface area contributed by atoms with Gasteiger partial charge in [-0.05, 0) is 56.9 Å². The average molecular weight is 552 g/mol. The van der Waals surface area contributed by atoms with Gasteiger partial charge in [-0.2, -0.15) is 0 Å². The number of thiazole rings is 1. The van der Waals surface area contributed by atoms with Gasteiger partial charge in [-0.15, -0.1) is 21.5 Å². The lowest BCUT2D eigenvalue weighted by atomic mass is 9.94. The first-order valence-electron chi connectivity index (χ1n) is 11.5. The highest BCUT2D eigenvalue weighted by Gasteiger charge is 2.33. The monoisotopic (exact) mass is 551 g/mol. The highest BCUT2D eigenvalue weighted by molar-refractivity contribution is 9.10. The van der Waals surface area contributed by atoms with Crippen molar-refractivity contribution < 1.29 is 9.21 Å². The van der Waals surface area contributed by atoms with Gasteiger partial charge in [-0.1, -0.05) is 46.3 Å². The first-order chi connectivity index (χ1) is 16.8. The maximum absolute atomic E-state index is 13.5. The molecule has 1 saturated heterocycles. The largest absolute Gasteiger partial charge is 0.419 e. The third-order valence-corrected chi connectivity index (χ3v) is 7.68. The number of carbonyl (C=O) groups excluding carboxylic acids is 1. The SMILES string of the molecule is Cc1csc([C@H]2CCCN2C(=O)c2cc(Br)cc(-c3nnc([C@](C)(N)Cc4ccccc4)o3)c2)n1. The molecule has 1 aliphatic heterocycles. The van der Waals surface area contributed by atoms with Crippen molar-refractivity contribution in [3.05, 3.63) is 86.1 Å². The van der Waals surface area contributed by atoms with Crippen LogP contribution in [0, 0.1) is 6.92 Å². The molecule has 1 aliphatic rings. The first kappa shape index (κ1) is 23.8. The van der Waals surface area contributed by atoms with Crippen LogP contribution in [-0.2, 0) is 12.0 Å². The van der Waals surface area contributed by atoms with E-state index in [0.29, 0.717) is 35.9 Å². The summed E-state index contributed by atoms with van der Waals surface area (Å²) in [4.78, 5) is 20.1. The van der Waals surface area contributed by atoms with Gasteiger partial charge in [0.15, 0.2) is 0 Å². The molecule has 0 radical (unpaired) electrons. The van der Waals surface area contributed by atoms with Crippen LogP contribution >= 0.6 is 27.3 Å². The minimum atomic E-state index is -0.828. The Morgan fingerprint density at radius 2 is 2.06 bits per heavy atom. The third-order valence-electron chi connectivity index (χ3n) is 6.15. The number of hydrogen-bond donors (Lipinski definition) is 1. The lowest BCUT2D eigenvalue weighted by molar-refractivity contribution is 0.0735. The number of hydrogen-bond acceptors (Lipinski definition) is 7. The van der Waals surface area contributed by atoms with E-state index in [9.17, 15) is 4.79 Å². The van der Waals surface area contributed by atoms with Crippen molar-refractivity contribution in [1.82, 2.24) is 20.1 Å². The first-order valence-corrected chi connectivity index (χ1v) is 13.2. The van der Waals surface area contributed by atoms with Gasteiger partial charge in [0.25, 0.3) is 5.91 Å². The van der Waals surface area contributed by atoms with Gasteiger partial charge in [-0.25, -0.2) is 4.98 Å². The minimum Gasteiger partial charge on any atom is -0.419 e. The second-order valence-electron chi connectivity index (χ2n) is 9.20. The minimum absolute atomic E-state index is 0.00886. The van der Waals surface area contributed by atoms with Crippen molar-refractivity contribution in [3.8, 4) is 11.5 Å². The Hall–Kier alpha value is -2.88. The quantitative estimate of drug-likeness (QED) is 0.332. The van der Waals surface area contributed by atoms with Crippen LogP contribution in [0.5, 0.6) is 0 Å². The number of halogens is 1. The molecule has 0 aliphatic carbocycles. The van der Waals surface area contributed by atoms with Crippen molar-refractivity contribution in [2.24, 2.45) is 5.73 Å². The predicted octanol–water partition coefficient (Wildman–Crippen LogP) is 5.66. The summed E-state index contributed by atoms with van der Waals surface area (Å²) >= 11 is 5.16. The summed E-state index contributed by atoms with van der Waals surface area (Å²) in [6.07, 6.45) is 2.44. The summed E-state index contributed by atoms with van der Waals surface area (Å²) in [5, 5.41) is 11.5. The predicted molar refractivity (Wildman–Crippen MR) is 139 cm³/mol. The zero-order valence-corrected chi connectivity index (χ0v) is 22.0. The van der Waals surface area contributed by atoms with Crippen molar-refractivity contribution >= 4 is 33.2 Å². The molecule has 1 amide bonds. The highest BCUT2D eigenvalue weighted by atomic mass is 79.9. The molecule has 35 heavy (non-hydrogen) atoms. The number of rotatable bonds is 6. The Morgan fingerprint density at radius 1 is 1.26 bits per heavy atom. The fraction of sp³-hybridized carbons (Fsp3) is 0.308. The summed E-state index contributed by atoms with van der Waals surface area (Å²) in [6, 6.07) is 15.5. The molecule has 1 fully saturated rings. The van der Waals surface area contributed by atoms with Crippen LogP contribution in [0.3, 0.4) is 0 Å². The van der Waals surface area contributed by atoms with E-state index in [1.54, 1.807) is 17.4 Å². The molecule has 0 bridgehead atoms. The van der Waals surface area contributed by atoms with Crippen LogP contribution in [0.15, 0.2) is 62.8 Å². The van der Waals surface area contributed by atoms with Gasteiger partial charge in [0.2, 0.25) is 11.8 Å². The van der Waals surface area contributed by atoms with Crippen LogP contribution in [0.25, 0.3) is 11.5 Å². The molecular formula is C26H26BrN5O2S. The van der Waals surface area contributed by atoms with E-state index >= 15 is 0 Å². The fourth-order valence-corrected chi connectivity index (χ4v) is 5.90. The Kier molecular flexibility index (Phi) is 6.57. The molecule has 0 spiro atoms. The molecule has 5 rings (SSSR count). The van der Waals surface area contributed by atoms with E-state index < -0.39 is 5.54 Å². The average Bonchev–Trinajstić information content (AvgIpc) is 3.59. The zero-order valence-electron chi connectivity index (χ0n) is 19.6. The van der Waals surface area contributed by atoms with Gasteiger partial charge in [0.1, 0.15) is 5.01 Å². The van der Waals surface area contributed by atoms with Gasteiger partial charge < -0.3 is 15.1 Å². The third kappa shape index (κ3) is 5.07. The second kappa shape index (κ2) is 9.64. The highest BCUT2D eigenvalue weighted by Crippen LogP contribution is 2.36. The maximum atomic E-state index is 13.5. The molecule has 180 valence electrons. The Morgan fingerprint density at radius 3 is 2.80 bits per heavy atom. The molecule has 9 heteroatoms. The van der Waals surface area contributed by atoms with Crippen LogP contribution in [0.2, 0.25) is 0 Å². The van der Waals surface area contributed by atoms with Crippen LogP contribution in [-0.4, -0.2) is 32.5 Å². The van der Waals surface area contributed by atoms with Crippen LogP contribution < -0.4 is 5.73 Å². The van der Waals surface area contributed by atoms with E-state index in [-0.39, 0.29) is 11.9 Å². The normalized spacial score (nSPS) is 17.5. The maximum Gasteiger partial charge on any atom is 0.254 e. The fourth-order valence-electron chi connectivity index (χ4n) is 4.46. The van der Waals surface area contributed by atoms with E-state index in [1.165, 1.54) is 0 Å². The molecule has 2 atom stereocenters. The summed E-state index contributed by atoms with van der Waals surface area (Å²) in [6.45, 7) is 4.56. The van der Waals surface area contributed by atoms with Crippen LogP contribution in [0.4, 0.5) is 0 Å². The zero-order chi connectivity index (χ0) is 24.6. The topological polar surface area (TPSA) is 98.1 Å². The van der Waals surface area contributed by atoms with E-state index in [4.69, 9.17) is 10.2 Å². The van der Waals surface area contributed by atoms with Crippen molar-refractivity contribution in [1.29, 1.82) is 0 Å². The van der Waals surface area contributed by atoms with E-state index in [0.717, 1.165) is 33.6 Å². The van der Waals surface area contributed by atoms with Gasteiger partial charge in [-0.3, -0.25) is 4.79 Å². The number of amides is 1. The van der Waals surface area contributed by atoms with Crippen molar-refractivity contribution in [3.63, 3.8) is 0 Å². The summed E-state index contributed by atoms with van der Waals surface area (Å²) in [7, 11) is 0. The Bertz CT molecular complexity index is 1350. The Labute approximate surface area is 216 Å². The number of aryl methyl sites for hydroxylation is 1. The van der Waals surface area contributed by atoms with E-state index in [1.807, 2.05) is 66.6 Å². The summed E-state index contributed by atoms with van der Waals surface area (Å²) in [5.74, 6) is 0.645. The molecule has 4 aromatic rings. The van der Waals surface area contributed by atoms with Gasteiger partial charge in [0.05, 0.1) is 11.6 Å².